The minimum absolute atomic E-state index is 0.250. The van der Waals surface area contributed by atoms with E-state index in [9.17, 15) is 5.26 Å². The number of rotatable bonds is 7. The van der Waals surface area contributed by atoms with Gasteiger partial charge in [0.1, 0.15) is 0 Å². The van der Waals surface area contributed by atoms with Crippen LogP contribution in [0.1, 0.15) is 57.1 Å². The summed E-state index contributed by atoms with van der Waals surface area (Å²) in [6.07, 6.45) is 6.56. The quantitative estimate of drug-likeness (QED) is 0.162. The van der Waals surface area contributed by atoms with Crippen LogP contribution in [0.5, 0.6) is 0 Å². The molecule has 4 nitrogen and oxygen atoms in total. The summed E-state index contributed by atoms with van der Waals surface area (Å²) in [5, 5.41) is 11.9. The van der Waals surface area contributed by atoms with E-state index in [1.165, 1.54) is 54.0 Å². The van der Waals surface area contributed by atoms with Crippen LogP contribution in [0.2, 0.25) is 0 Å². The van der Waals surface area contributed by atoms with Crippen molar-refractivity contribution in [3.05, 3.63) is 175 Å². The van der Waals surface area contributed by atoms with Crippen LogP contribution in [-0.2, 0) is 5.41 Å². The lowest BCUT2D eigenvalue weighted by Gasteiger charge is -2.50. The third-order valence-corrected chi connectivity index (χ3v) is 12.9. The Balaban J connectivity index is 1.11. The Morgan fingerprint density at radius 3 is 1.56 bits per heavy atom. The van der Waals surface area contributed by atoms with Crippen molar-refractivity contribution < 1.29 is 0 Å². The maximum absolute atomic E-state index is 9.55. The van der Waals surface area contributed by atoms with Crippen LogP contribution in [0, 0.1) is 29.1 Å². The van der Waals surface area contributed by atoms with Gasteiger partial charge in [-0.05, 0) is 141 Å². The predicted octanol–water partition coefficient (Wildman–Crippen LogP) is 14.0. The highest BCUT2D eigenvalue weighted by molar-refractivity contribution is 5.89. The van der Waals surface area contributed by atoms with Gasteiger partial charge in [-0.15, -0.1) is 0 Å². The molecule has 10 rings (SSSR count). The normalized spacial score (nSPS) is 19.9. The number of hydrogen-bond acceptors (Lipinski definition) is 4. The average Bonchev–Trinajstić information content (AvgIpc) is 3.28. The maximum Gasteiger partial charge on any atom is 0.164 e. The van der Waals surface area contributed by atoms with Crippen LogP contribution < -0.4 is 0 Å². The van der Waals surface area contributed by atoms with Crippen molar-refractivity contribution >= 4 is 10.8 Å². The largest absolute Gasteiger partial charge is 0.208 e. The second kappa shape index (κ2) is 15.2. The molecule has 4 heteroatoms. The van der Waals surface area contributed by atoms with Gasteiger partial charge in [0.2, 0.25) is 0 Å². The summed E-state index contributed by atoms with van der Waals surface area (Å²) in [4.78, 5) is 15.7. The SMILES string of the molecule is C[C@@H]1C[C@@H]2C[C@H](C)CC(c3ccc(-c4nc(-c5ccc(-c6ccccc6)cc5)nc(-c5cc(-c6ccc(C#N)cc6)cc(-c6ccc7ccccc7c6)c5)n4)cc3)(C1)C2. The molecule has 0 aliphatic heterocycles. The Bertz CT molecular complexity index is 2820. The van der Waals surface area contributed by atoms with Gasteiger partial charge in [0.05, 0.1) is 11.6 Å². The molecule has 0 amide bonds. The van der Waals surface area contributed by atoms with Gasteiger partial charge < -0.3 is 0 Å². The van der Waals surface area contributed by atoms with Crippen molar-refractivity contribution in [1.82, 2.24) is 15.0 Å². The van der Waals surface area contributed by atoms with Crippen molar-refractivity contribution in [3.8, 4) is 73.6 Å². The second-order valence-corrected chi connectivity index (χ2v) is 17.3. The van der Waals surface area contributed by atoms with Crippen molar-refractivity contribution in [1.29, 1.82) is 5.26 Å². The topological polar surface area (TPSA) is 62.5 Å². The molecule has 2 fully saturated rings. The van der Waals surface area contributed by atoms with Gasteiger partial charge in [0.15, 0.2) is 17.5 Å². The minimum atomic E-state index is 0.250. The fourth-order valence-corrected chi connectivity index (χ4v) is 10.4. The van der Waals surface area contributed by atoms with Gasteiger partial charge in [0.25, 0.3) is 0 Å². The number of benzene rings is 7. The van der Waals surface area contributed by atoms with Crippen LogP contribution in [0.15, 0.2) is 164 Å². The molecular formula is C55H46N4. The standard InChI is InChI=1S/C55H46N4/c1-36-26-39-27-37(2)33-55(32-36,34-39)51-24-22-45(23-25-51)53-57-52(44-19-16-42(17-20-44)40-8-4-3-5-9-40)58-54(59-53)50-30-48(43-14-12-38(35-56)13-15-43)29-49(31-50)47-21-18-41-10-6-7-11-46(41)28-47/h3-25,28-31,36-37,39H,26-27,32-34H2,1-2H3/t36-,37+,39-,55?. The molecule has 0 radical (unpaired) electrons. The molecule has 1 unspecified atom stereocenters. The summed E-state index contributed by atoms with van der Waals surface area (Å²) in [6.45, 7) is 4.90. The van der Waals surface area contributed by atoms with Crippen LogP contribution >= 0.6 is 0 Å². The summed E-state index contributed by atoms with van der Waals surface area (Å²) in [7, 11) is 0. The lowest BCUT2D eigenvalue weighted by Crippen LogP contribution is -2.42. The summed E-state index contributed by atoms with van der Waals surface area (Å²) in [5.41, 5.74) is 11.7. The van der Waals surface area contributed by atoms with E-state index in [4.69, 9.17) is 15.0 Å². The third-order valence-electron chi connectivity index (χ3n) is 12.9. The Labute approximate surface area is 347 Å². The molecular weight excluding hydrogens is 717 g/mol. The van der Waals surface area contributed by atoms with Gasteiger partial charge in [-0.2, -0.15) is 5.26 Å². The van der Waals surface area contributed by atoms with Crippen LogP contribution in [0.25, 0.3) is 78.3 Å². The van der Waals surface area contributed by atoms with E-state index in [1.54, 1.807) is 0 Å². The van der Waals surface area contributed by atoms with E-state index in [0.717, 1.165) is 62.3 Å². The molecule has 286 valence electrons. The van der Waals surface area contributed by atoms with Gasteiger partial charge in [-0.25, -0.2) is 15.0 Å². The molecule has 8 aromatic rings. The molecule has 1 aromatic heterocycles. The highest BCUT2D eigenvalue weighted by atomic mass is 15.0. The Morgan fingerprint density at radius 2 is 0.915 bits per heavy atom. The summed E-state index contributed by atoms with van der Waals surface area (Å²) in [5.74, 6) is 4.23. The first-order valence-electron chi connectivity index (χ1n) is 21.1. The van der Waals surface area contributed by atoms with Crippen molar-refractivity contribution in [2.45, 2.75) is 51.4 Å². The van der Waals surface area contributed by atoms with Crippen molar-refractivity contribution in [3.63, 3.8) is 0 Å². The molecule has 7 aromatic carbocycles. The summed E-state index contributed by atoms with van der Waals surface area (Å²) < 4.78 is 0. The van der Waals surface area contributed by atoms with E-state index in [2.05, 4.69) is 153 Å². The first-order valence-corrected chi connectivity index (χ1v) is 21.1. The molecule has 2 aliphatic carbocycles. The minimum Gasteiger partial charge on any atom is -0.208 e. The van der Waals surface area contributed by atoms with E-state index >= 15 is 0 Å². The van der Waals surface area contributed by atoms with Crippen molar-refractivity contribution in [2.24, 2.45) is 17.8 Å². The molecule has 4 atom stereocenters. The zero-order chi connectivity index (χ0) is 39.9. The number of nitriles is 1. The maximum atomic E-state index is 9.55. The zero-order valence-corrected chi connectivity index (χ0v) is 33.6. The number of hydrogen-bond donors (Lipinski definition) is 0. The second-order valence-electron chi connectivity index (χ2n) is 17.3. The molecule has 2 aliphatic rings. The summed E-state index contributed by atoms with van der Waals surface area (Å²) in [6, 6.07) is 59.9. The van der Waals surface area contributed by atoms with Gasteiger partial charge in [-0.1, -0.05) is 141 Å². The molecule has 59 heavy (non-hydrogen) atoms. The Kier molecular flexibility index (Phi) is 9.46. The molecule has 2 bridgehead atoms. The van der Waals surface area contributed by atoms with E-state index in [0.29, 0.717) is 23.0 Å². The fraction of sp³-hybridized carbons (Fsp3) is 0.200. The van der Waals surface area contributed by atoms with E-state index in [1.807, 2.05) is 30.3 Å². The van der Waals surface area contributed by atoms with Gasteiger partial charge in [0, 0.05) is 16.7 Å². The van der Waals surface area contributed by atoms with E-state index in [-0.39, 0.29) is 5.41 Å². The summed E-state index contributed by atoms with van der Waals surface area (Å²) >= 11 is 0. The lowest BCUT2D eigenvalue weighted by molar-refractivity contribution is 0.0780. The number of nitrogens with zero attached hydrogens (tertiary/aromatic N) is 4. The molecule has 0 spiro atoms. The molecule has 0 saturated heterocycles. The van der Waals surface area contributed by atoms with Crippen LogP contribution in [0.3, 0.4) is 0 Å². The first-order chi connectivity index (χ1) is 28.9. The highest BCUT2D eigenvalue weighted by Gasteiger charge is 2.45. The lowest BCUT2D eigenvalue weighted by atomic mass is 9.54. The third kappa shape index (κ3) is 7.34. The first kappa shape index (κ1) is 36.6. The molecule has 1 heterocycles. The van der Waals surface area contributed by atoms with Gasteiger partial charge >= 0.3 is 0 Å². The zero-order valence-electron chi connectivity index (χ0n) is 33.6. The average molecular weight is 763 g/mol. The van der Waals surface area contributed by atoms with Crippen LogP contribution in [0.4, 0.5) is 0 Å². The Hall–Kier alpha value is -6.70. The molecule has 2 saturated carbocycles. The number of aromatic nitrogens is 3. The highest BCUT2D eigenvalue weighted by Crippen LogP contribution is 2.54. The monoisotopic (exact) mass is 762 g/mol. The van der Waals surface area contributed by atoms with Crippen molar-refractivity contribution in [2.75, 3.05) is 0 Å². The molecule has 0 N–H and O–H groups in total. The predicted molar refractivity (Wildman–Crippen MR) is 241 cm³/mol. The smallest absolute Gasteiger partial charge is 0.164 e. The van der Waals surface area contributed by atoms with E-state index < -0.39 is 0 Å². The van der Waals surface area contributed by atoms with Crippen LogP contribution in [-0.4, -0.2) is 15.0 Å². The van der Waals surface area contributed by atoms with Gasteiger partial charge in [-0.3, -0.25) is 0 Å². The Morgan fingerprint density at radius 1 is 0.441 bits per heavy atom. The number of fused-ring (bicyclic) bond motifs is 3. The fourth-order valence-electron chi connectivity index (χ4n) is 10.4.